The summed E-state index contributed by atoms with van der Waals surface area (Å²) in [7, 11) is 4.02. The van der Waals surface area contributed by atoms with Gasteiger partial charge in [0, 0.05) is 51.7 Å². The molecule has 1 aliphatic heterocycles. The van der Waals surface area contributed by atoms with Gasteiger partial charge in [-0.05, 0) is 57.3 Å². The first kappa shape index (κ1) is 22.9. The molecule has 0 atom stereocenters. The largest absolute Gasteiger partial charge is 0.381 e. The zero-order valence-electron chi connectivity index (χ0n) is 16.8. The molecule has 27 heavy (non-hydrogen) atoms. The lowest BCUT2D eigenvalue weighted by Gasteiger charge is -2.26. The van der Waals surface area contributed by atoms with Crippen LogP contribution in [0.5, 0.6) is 0 Å². The molecule has 0 unspecified atom stereocenters. The topological polar surface area (TPSA) is 49.8 Å². The number of nitrogens with zero attached hydrogens (tertiary/aromatic N) is 3. The Balaban J connectivity index is 0.00000261. The summed E-state index contributed by atoms with van der Waals surface area (Å²) in [6.45, 7) is 3.88. The number of ether oxygens (including phenoxy) is 1. The summed E-state index contributed by atoms with van der Waals surface area (Å²) in [5.41, 5.74) is 1.38. The molecule has 7 heteroatoms. The van der Waals surface area contributed by atoms with Gasteiger partial charge in [-0.2, -0.15) is 0 Å². The fourth-order valence-electron chi connectivity index (χ4n) is 3.85. The van der Waals surface area contributed by atoms with Crippen molar-refractivity contribution < 1.29 is 4.74 Å². The van der Waals surface area contributed by atoms with Gasteiger partial charge in [0.1, 0.15) is 0 Å². The lowest BCUT2D eigenvalue weighted by molar-refractivity contribution is 0.0625. The van der Waals surface area contributed by atoms with Gasteiger partial charge in [0.05, 0.1) is 10.7 Å². The third-order valence-corrected chi connectivity index (χ3v) is 6.74. The van der Waals surface area contributed by atoms with Gasteiger partial charge in [-0.15, -0.1) is 35.3 Å². The number of aromatic nitrogens is 1. The minimum absolute atomic E-state index is 0. The zero-order chi connectivity index (χ0) is 18.2. The Labute approximate surface area is 185 Å². The number of guanidine groups is 1. The molecule has 0 radical (unpaired) electrons. The van der Waals surface area contributed by atoms with Crippen LogP contribution in [0, 0.1) is 5.92 Å². The van der Waals surface area contributed by atoms with Crippen molar-refractivity contribution in [1.82, 2.24) is 15.2 Å². The Bertz CT molecular complexity index is 563. The van der Waals surface area contributed by atoms with E-state index in [1.54, 1.807) is 4.88 Å². The standard InChI is InChI=1S/C20H34N4OS.HI/c1-21-20(24(2)13-9-16-10-14-25-15-11-16)22-12-5-8-19-23-17-6-3-4-7-18(17)26-19;/h16H,3-15H2,1-2H3,(H,21,22);1H. The van der Waals surface area contributed by atoms with E-state index in [1.807, 2.05) is 18.4 Å². The van der Waals surface area contributed by atoms with E-state index in [1.165, 1.54) is 55.6 Å². The summed E-state index contributed by atoms with van der Waals surface area (Å²) in [5.74, 6) is 1.82. The zero-order valence-corrected chi connectivity index (χ0v) is 20.0. The second-order valence-electron chi connectivity index (χ2n) is 7.53. The van der Waals surface area contributed by atoms with Gasteiger partial charge in [0.25, 0.3) is 0 Å². The summed E-state index contributed by atoms with van der Waals surface area (Å²) >= 11 is 1.94. The van der Waals surface area contributed by atoms with Crippen LogP contribution in [0.4, 0.5) is 0 Å². The van der Waals surface area contributed by atoms with E-state index in [0.29, 0.717) is 0 Å². The predicted molar refractivity (Wildman–Crippen MR) is 125 cm³/mol. The highest BCUT2D eigenvalue weighted by atomic mass is 127. The number of aliphatic imine (C=N–C) groups is 1. The van der Waals surface area contributed by atoms with Crippen LogP contribution in [0.25, 0.3) is 0 Å². The van der Waals surface area contributed by atoms with Gasteiger partial charge in [0.2, 0.25) is 0 Å². The van der Waals surface area contributed by atoms with Crippen LogP contribution >= 0.6 is 35.3 Å². The summed E-state index contributed by atoms with van der Waals surface area (Å²) in [4.78, 5) is 13.1. The van der Waals surface area contributed by atoms with Crippen molar-refractivity contribution in [2.75, 3.05) is 40.4 Å². The van der Waals surface area contributed by atoms with Crippen LogP contribution in [0.1, 0.15) is 54.1 Å². The molecule has 0 aromatic carbocycles. The van der Waals surface area contributed by atoms with Gasteiger partial charge in [-0.25, -0.2) is 4.98 Å². The van der Waals surface area contributed by atoms with Crippen molar-refractivity contribution in [2.24, 2.45) is 10.9 Å². The molecule has 2 aliphatic rings. The molecule has 0 amide bonds. The normalized spacial score (nSPS) is 17.9. The Morgan fingerprint density at radius 1 is 1.30 bits per heavy atom. The molecule has 1 aromatic rings. The smallest absolute Gasteiger partial charge is 0.193 e. The first-order valence-electron chi connectivity index (χ1n) is 10.2. The molecule has 5 nitrogen and oxygen atoms in total. The van der Waals surface area contributed by atoms with Crippen LogP contribution in [0.15, 0.2) is 4.99 Å². The third-order valence-electron chi connectivity index (χ3n) is 5.53. The van der Waals surface area contributed by atoms with Gasteiger partial charge in [0.15, 0.2) is 5.96 Å². The highest BCUT2D eigenvalue weighted by Crippen LogP contribution is 2.27. The van der Waals surface area contributed by atoms with Crippen LogP contribution in [0.3, 0.4) is 0 Å². The quantitative estimate of drug-likeness (QED) is 0.264. The molecule has 1 aliphatic carbocycles. The number of halogens is 1. The van der Waals surface area contributed by atoms with E-state index in [9.17, 15) is 0 Å². The fourth-order valence-corrected chi connectivity index (χ4v) is 5.05. The molecule has 154 valence electrons. The number of hydrogen-bond donors (Lipinski definition) is 1. The highest BCUT2D eigenvalue weighted by molar-refractivity contribution is 14.0. The van der Waals surface area contributed by atoms with Crippen LogP contribution in [0.2, 0.25) is 0 Å². The molecule has 0 bridgehead atoms. The first-order valence-corrected chi connectivity index (χ1v) is 11.0. The number of nitrogens with one attached hydrogen (secondary N) is 1. The first-order chi connectivity index (χ1) is 12.8. The molecule has 1 saturated heterocycles. The lowest BCUT2D eigenvalue weighted by Crippen LogP contribution is -2.40. The van der Waals surface area contributed by atoms with E-state index in [2.05, 4.69) is 22.3 Å². The lowest BCUT2D eigenvalue weighted by atomic mass is 9.96. The summed E-state index contributed by atoms with van der Waals surface area (Å²) in [6, 6.07) is 0. The second kappa shape index (κ2) is 12.2. The average molecular weight is 506 g/mol. The molecule has 0 spiro atoms. The monoisotopic (exact) mass is 506 g/mol. The molecule has 1 aromatic heterocycles. The Hall–Kier alpha value is -0.410. The minimum Gasteiger partial charge on any atom is -0.381 e. The molecule has 0 saturated carbocycles. The number of fused-ring (bicyclic) bond motifs is 1. The van der Waals surface area contributed by atoms with Crippen molar-refractivity contribution in [1.29, 1.82) is 0 Å². The SMILES string of the molecule is CN=C(NCCCc1nc2c(s1)CCCC2)N(C)CCC1CCOCC1.I. The number of rotatable bonds is 7. The van der Waals surface area contributed by atoms with Crippen molar-refractivity contribution in [2.45, 2.75) is 57.8 Å². The molecule has 1 N–H and O–H groups in total. The number of hydrogen-bond acceptors (Lipinski definition) is 4. The molecular weight excluding hydrogens is 471 g/mol. The highest BCUT2D eigenvalue weighted by Gasteiger charge is 2.16. The van der Waals surface area contributed by atoms with E-state index >= 15 is 0 Å². The summed E-state index contributed by atoms with van der Waals surface area (Å²) < 4.78 is 5.45. The molecule has 3 rings (SSSR count). The van der Waals surface area contributed by atoms with Crippen molar-refractivity contribution in [3.8, 4) is 0 Å². The van der Waals surface area contributed by atoms with E-state index in [0.717, 1.165) is 51.0 Å². The molecular formula is C20H35IN4OS. The van der Waals surface area contributed by atoms with Gasteiger partial charge in [-0.1, -0.05) is 0 Å². The maximum atomic E-state index is 5.45. The van der Waals surface area contributed by atoms with E-state index in [-0.39, 0.29) is 24.0 Å². The maximum absolute atomic E-state index is 5.45. The van der Waals surface area contributed by atoms with E-state index in [4.69, 9.17) is 9.72 Å². The van der Waals surface area contributed by atoms with Gasteiger partial charge >= 0.3 is 0 Å². The number of aryl methyl sites for hydroxylation is 3. The van der Waals surface area contributed by atoms with Crippen molar-refractivity contribution >= 4 is 41.3 Å². The predicted octanol–water partition coefficient (Wildman–Crippen LogP) is 3.90. The van der Waals surface area contributed by atoms with Gasteiger partial charge in [-0.3, -0.25) is 4.99 Å². The maximum Gasteiger partial charge on any atom is 0.193 e. The third kappa shape index (κ3) is 7.16. The Morgan fingerprint density at radius 2 is 2.07 bits per heavy atom. The van der Waals surface area contributed by atoms with Crippen molar-refractivity contribution in [3.05, 3.63) is 15.6 Å². The average Bonchev–Trinajstić information content (AvgIpc) is 3.10. The van der Waals surface area contributed by atoms with Crippen LogP contribution in [-0.2, 0) is 24.0 Å². The minimum atomic E-state index is 0. The van der Waals surface area contributed by atoms with Crippen LogP contribution in [-0.4, -0.2) is 56.2 Å². The number of thiazole rings is 1. The Morgan fingerprint density at radius 3 is 2.81 bits per heavy atom. The van der Waals surface area contributed by atoms with E-state index < -0.39 is 0 Å². The van der Waals surface area contributed by atoms with Gasteiger partial charge < -0.3 is 15.0 Å². The fraction of sp³-hybridized carbons (Fsp3) is 0.800. The van der Waals surface area contributed by atoms with Crippen molar-refractivity contribution in [3.63, 3.8) is 0 Å². The van der Waals surface area contributed by atoms with Crippen LogP contribution < -0.4 is 5.32 Å². The Kier molecular flexibility index (Phi) is 10.3. The molecule has 2 heterocycles. The summed E-state index contributed by atoms with van der Waals surface area (Å²) in [5, 5.41) is 4.84. The molecule has 1 fully saturated rings. The summed E-state index contributed by atoms with van der Waals surface area (Å²) in [6.07, 6.45) is 10.9. The second-order valence-corrected chi connectivity index (χ2v) is 8.70.